The quantitative estimate of drug-likeness (QED) is 0.428. The first-order valence-corrected chi connectivity index (χ1v) is 11.7. The van der Waals surface area contributed by atoms with Crippen LogP contribution in [0, 0.1) is 11.6 Å². The van der Waals surface area contributed by atoms with Gasteiger partial charge in [-0.2, -0.15) is 13.2 Å². The largest absolute Gasteiger partial charge is 0.416 e. The molecule has 2 heterocycles. The monoisotopic (exact) mass is 512 g/mol. The van der Waals surface area contributed by atoms with Crippen molar-refractivity contribution < 1.29 is 31.0 Å². The second-order valence-corrected chi connectivity index (χ2v) is 9.65. The lowest BCUT2D eigenvalue weighted by Crippen LogP contribution is -2.22. The van der Waals surface area contributed by atoms with Crippen molar-refractivity contribution in [3.63, 3.8) is 0 Å². The number of carbonyl (C=O) groups excluding carboxylic acids is 1. The Bertz CT molecular complexity index is 1390. The number of carbonyl (C=O) groups is 1. The van der Waals surface area contributed by atoms with E-state index in [1.54, 1.807) is 0 Å². The molecule has 1 amide bonds. The Morgan fingerprint density at radius 2 is 1.79 bits per heavy atom. The predicted molar refractivity (Wildman–Crippen MR) is 118 cm³/mol. The molecular weight excluding hydrogens is 499 g/mol. The van der Waals surface area contributed by atoms with Crippen LogP contribution in [0.5, 0.6) is 0 Å². The molecule has 4 nitrogen and oxygen atoms in total. The van der Waals surface area contributed by atoms with Crippen molar-refractivity contribution in [3.05, 3.63) is 86.9 Å². The topological polar surface area (TPSA) is 58.2 Å². The summed E-state index contributed by atoms with van der Waals surface area (Å²) in [7, 11) is -1.45. The van der Waals surface area contributed by atoms with E-state index in [9.17, 15) is 31.0 Å². The molecule has 176 valence electrons. The van der Waals surface area contributed by atoms with E-state index in [0.29, 0.717) is 17.3 Å². The van der Waals surface area contributed by atoms with Crippen LogP contribution in [0.3, 0.4) is 0 Å². The fourth-order valence-electron chi connectivity index (χ4n) is 4.41. The maximum atomic E-state index is 14.3. The summed E-state index contributed by atoms with van der Waals surface area (Å²) in [6.07, 6.45) is -4.54. The van der Waals surface area contributed by atoms with Crippen LogP contribution in [0.2, 0.25) is 5.02 Å². The minimum absolute atomic E-state index is 0.105. The second kappa shape index (κ2) is 8.06. The van der Waals surface area contributed by atoms with E-state index >= 15 is 0 Å². The molecule has 0 spiro atoms. The first-order valence-electron chi connectivity index (χ1n) is 10.0. The fourth-order valence-corrected chi connectivity index (χ4v) is 5.56. The lowest BCUT2D eigenvalue weighted by Gasteiger charge is -2.24. The first kappa shape index (κ1) is 22.8. The summed E-state index contributed by atoms with van der Waals surface area (Å²) < 4.78 is 83.4. The number of halogens is 6. The number of benzene rings is 3. The first-order chi connectivity index (χ1) is 16.0. The number of hydrogen-bond donors (Lipinski definition) is 2. The molecule has 2 atom stereocenters. The van der Waals surface area contributed by atoms with Gasteiger partial charge in [-0.25, -0.2) is 13.0 Å². The predicted octanol–water partition coefficient (Wildman–Crippen LogP) is 5.77. The lowest BCUT2D eigenvalue weighted by atomic mass is 9.86. The summed E-state index contributed by atoms with van der Waals surface area (Å²) in [5.74, 6) is -2.06. The number of fused-ring (bicyclic) bond motifs is 3. The molecule has 5 rings (SSSR count). The van der Waals surface area contributed by atoms with Crippen molar-refractivity contribution in [1.82, 2.24) is 5.32 Å². The molecule has 0 bridgehead atoms. The van der Waals surface area contributed by atoms with Crippen LogP contribution in [0.15, 0.2) is 42.5 Å². The molecule has 0 fully saturated rings. The van der Waals surface area contributed by atoms with Gasteiger partial charge < -0.3 is 10.0 Å². The smallest absolute Gasteiger partial charge is 0.341 e. The molecule has 11 heteroatoms. The lowest BCUT2D eigenvalue weighted by molar-refractivity contribution is -0.137. The molecule has 2 aliphatic heterocycles. The van der Waals surface area contributed by atoms with Crippen molar-refractivity contribution in [1.29, 1.82) is 0 Å². The van der Waals surface area contributed by atoms with Gasteiger partial charge in [-0.05, 0) is 71.1 Å². The number of nitrogens with one attached hydrogen (secondary N) is 2. The van der Waals surface area contributed by atoms with Gasteiger partial charge in [0.25, 0.3) is 5.91 Å². The van der Waals surface area contributed by atoms with Gasteiger partial charge in [0, 0.05) is 16.3 Å². The zero-order valence-corrected chi connectivity index (χ0v) is 18.6. The van der Waals surface area contributed by atoms with Crippen molar-refractivity contribution in [2.45, 2.75) is 18.6 Å². The second-order valence-electron chi connectivity index (χ2n) is 7.94. The Morgan fingerprint density at radius 3 is 2.53 bits per heavy atom. The number of hydrogen-bond acceptors (Lipinski definition) is 2. The molecule has 0 radical (unpaired) electrons. The number of anilines is 1. The van der Waals surface area contributed by atoms with Crippen LogP contribution in [0.4, 0.5) is 27.6 Å². The number of alkyl halides is 3. The van der Waals surface area contributed by atoms with E-state index in [-0.39, 0.29) is 45.0 Å². The standard InChI is InChI=1S/C23H14ClF5N2O2S/c24-17-2-1-12(25)8-16(17)21-19-15(10-5-11(23(27,28)29)7-13(26)6-10)9-18-14(3-4-34(33)31-18)20(19)22(32)30-21/h1-2,5-9,21,31H,3-4H2,(H,30,32). The Labute approximate surface area is 197 Å². The SMILES string of the molecule is O=C1NC(c2cc(F)ccc2Cl)c2c(-c3cc(F)cc(C(F)(F)F)c3)cc3c(c21)CCS(=O)N3. The Balaban J connectivity index is 1.83. The van der Waals surface area contributed by atoms with E-state index in [4.69, 9.17) is 11.6 Å². The van der Waals surface area contributed by atoms with Crippen LogP contribution in [0.1, 0.15) is 38.7 Å². The van der Waals surface area contributed by atoms with Gasteiger partial charge in [0.2, 0.25) is 0 Å². The third-order valence-electron chi connectivity index (χ3n) is 5.83. The van der Waals surface area contributed by atoms with E-state index in [2.05, 4.69) is 10.0 Å². The van der Waals surface area contributed by atoms with E-state index < -0.39 is 46.3 Å². The average molecular weight is 513 g/mol. The normalized spacial score (nSPS) is 19.3. The van der Waals surface area contributed by atoms with Crippen molar-refractivity contribution in [2.75, 3.05) is 10.5 Å². The molecular formula is C23H14ClF5N2O2S. The molecule has 3 aromatic rings. The average Bonchev–Trinajstić information content (AvgIpc) is 3.11. The molecule has 2 N–H and O–H groups in total. The van der Waals surface area contributed by atoms with Gasteiger partial charge in [0.05, 0.1) is 22.9 Å². The Kier molecular flexibility index (Phi) is 5.40. The van der Waals surface area contributed by atoms with Crippen molar-refractivity contribution >= 4 is 34.2 Å². The Hall–Kier alpha value is -2.98. The third-order valence-corrected chi connectivity index (χ3v) is 7.20. The number of rotatable bonds is 2. The van der Waals surface area contributed by atoms with Crippen molar-refractivity contribution in [3.8, 4) is 11.1 Å². The van der Waals surface area contributed by atoms with Gasteiger partial charge in [-0.15, -0.1) is 0 Å². The highest BCUT2D eigenvalue weighted by atomic mass is 35.5. The highest BCUT2D eigenvalue weighted by Crippen LogP contribution is 2.46. The molecule has 0 saturated heterocycles. The highest BCUT2D eigenvalue weighted by Gasteiger charge is 2.39. The fraction of sp³-hybridized carbons (Fsp3) is 0.174. The third kappa shape index (κ3) is 3.84. The highest BCUT2D eigenvalue weighted by molar-refractivity contribution is 7.86. The maximum Gasteiger partial charge on any atom is 0.416 e. The minimum Gasteiger partial charge on any atom is -0.341 e. The molecule has 2 unspecified atom stereocenters. The van der Waals surface area contributed by atoms with Crippen LogP contribution in [-0.4, -0.2) is 15.9 Å². The summed E-state index contributed by atoms with van der Waals surface area (Å²) in [5, 5.41) is 2.86. The molecule has 2 aliphatic rings. The van der Waals surface area contributed by atoms with Gasteiger partial charge in [-0.1, -0.05) is 11.6 Å². The van der Waals surface area contributed by atoms with Crippen LogP contribution < -0.4 is 10.0 Å². The van der Waals surface area contributed by atoms with E-state index in [1.807, 2.05) is 0 Å². The summed E-state index contributed by atoms with van der Waals surface area (Å²) in [6, 6.07) is 6.10. The van der Waals surface area contributed by atoms with Crippen molar-refractivity contribution in [2.24, 2.45) is 0 Å². The van der Waals surface area contributed by atoms with Crippen LogP contribution in [0.25, 0.3) is 11.1 Å². The van der Waals surface area contributed by atoms with Crippen LogP contribution >= 0.6 is 11.6 Å². The summed E-state index contributed by atoms with van der Waals surface area (Å²) in [4.78, 5) is 13.1. The van der Waals surface area contributed by atoms with E-state index in [0.717, 1.165) is 24.3 Å². The molecule has 34 heavy (non-hydrogen) atoms. The zero-order chi connectivity index (χ0) is 24.4. The number of amides is 1. The maximum absolute atomic E-state index is 14.3. The van der Waals surface area contributed by atoms with Gasteiger partial charge >= 0.3 is 6.18 Å². The van der Waals surface area contributed by atoms with E-state index in [1.165, 1.54) is 12.1 Å². The molecule has 3 aromatic carbocycles. The molecule has 0 aromatic heterocycles. The van der Waals surface area contributed by atoms with Gasteiger partial charge in [0.1, 0.15) is 22.6 Å². The van der Waals surface area contributed by atoms with Gasteiger partial charge in [-0.3, -0.25) is 4.79 Å². The van der Waals surface area contributed by atoms with Crippen LogP contribution in [-0.2, 0) is 23.6 Å². The summed E-state index contributed by atoms with van der Waals surface area (Å²) in [5.41, 5.74) is 0.213. The molecule has 0 saturated carbocycles. The summed E-state index contributed by atoms with van der Waals surface area (Å²) >= 11 is 6.28. The molecule has 0 aliphatic carbocycles. The Morgan fingerprint density at radius 1 is 1.03 bits per heavy atom. The zero-order valence-electron chi connectivity index (χ0n) is 17.0. The summed E-state index contributed by atoms with van der Waals surface area (Å²) in [6.45, 7) is 0. The van der Waals surface area contributed by atoms with Gasteiger partial charge in [0.15, 0.2) is 0 Å². The minimum atomic E-state index is -4.81.